The number of esters is 1. The lowest BCUT2D eigenvalue weighted by atomic mass is 9.86. The number of halogens is 26. The third kappa shape index (κ3) is 28.3. The second-order valence-electron chi connectivity index (χ2n) is 34.5. The number of carboxylic acid groups (broad SMARTS) is 1. The van der Waals surface area contributed by atoms with E-state index in [9.17, 15) is 139 Å². The Balaban J connectivity index is 0.000000178. The number of aliphatic carboxylic acids is 1. The van der Waals surface area contributed by atoms with E-state index >= 15 is 0 Å². The first-order chi connectivity index (χ1) is 69.5. The van der Waals surface area contributed by atoms with Gasteiger partial charge >= 0.3 is 36.6 Å². The number of fused-ring (bicyclic) bond motifs is 4. The number of amides is 4. The van der Waals surface area contributed by atoms with Crippen LogP contribution in [0.25, 0.3) is 44.5 Å². The average molecular weight is 2220 g/mol. The van der Waals surface area contributed by atoms with E-state index in [2.05, 4.69) is 37.2 Å². The number of carbonyl (C=O) groups excluding carboxylic acids is 5. The number of hydrogen-bond donors (Lipinski definition) is 2. The Bertz CT molecular complexity index is 6990. The van der Waals surface area contributed by atoms with Gasteiger partial charge < -0.3 is 48.8 Å². The molecule has 784 valence electrons. The lowest BCUT2D eigenvalue weighted by molar-refractivity contribution is -0.151. The molecule has 16 nitrogen and oxygen atoms in total. The second-order valence-corrected chi connectivity index (χ2v) is 35.6. The Hall–Kier alpha value is -14.1. The summed E-state index contributed by atoms with van der Waals surface area (Å²) in [6.45, 7) is 6.72. The van der Waals surface area contributed by atoms with Crippen LogP contribution in [0.2, 0.25) is 0 Å². The van der Waals surface area contributed by atoms with Crippen LogP contribution in [0.1, 0.15) is 120 Å². The maximum Gasteiger partial charge on any atom is 0.419 e. The van der Waals surface area contributed by atoms with Crippen LogP contribution in [0.15, 0.2) is 194 Å². The van der Waals surface area contributed by atoms with Gasteiger partial charge in [0.1, 0.15) is 104 Å². The standard InChI is InChI=1S/C26H19F6NO4.C26H21F6NO2.C24H17F6NO2.C17H13F4NO2.C7H5BrF2.C6H11BrO2/c1-37-23-11-22-15(7-18(23)13-3-5-19(21(29)8-13)26(30,31)32)6-16(9-24(34)35)25(36)33(22)12-14-2-4-17(27)10-20(14)28;1-3-14-8-17-9-19(15-5-7-20(22(29)10-15)26(30,31)32)24(35-2)12-23(17)33(25(14)34)13-16-4-6-18(27)11-21(16)28;1-33-22-11-21-14(8-17(22)13-3-6-18(20(27)9-13)24(28,29)30)4-7-23(32)31(21)12-15-2-5-16(25)10-19(15)26;1-24-15-8-14-10(3-5-16(23)22-14)6-11(15)9-2-4-12(13(18)7-9)17(19,20)21;8-4-5-1-2-6(9)3-7(5)10;1-6(2,3)9-5(8)4-7/h2-5,7-8,10-11,16H,6,9,12H2,1H3,(H,34,35);4-7,9-12,14H,3,8,13H2,1-2H3;2-3,5-6,8-11H,4,7,12H2,1H3;2,4,6-8H,3,5H2,1H3,(H,22,23);1-3H,4H2;4H2,1-3H3. The van der Waals surface area contributed by atoms with Crippen LogP contribution in [0, 0.1) is 81.6 Å². The van der Waals surface area contributed by atoms with Gasteiger partial charge in [0.2, 0.25) is 23.6 Å². The van der Waals surface area contributed by atoms with E-state index in [4.69, 9.17) is 23.7 Å². The van der Waals surface area contributed by atoms with Crippen LogP contribution in [0.5, 0.6) is 23.0 Å². The number of methoxy groups -OCH3 is 4. The van der Waals surface area contributed by atoms with Crippen LogP contribution in [-0.2, 0) is 109 Å². The molecule has 4 amide bonds. The molecule has 4 heterocycles. The summed E-state index contributed by atoms with van der Waals surface area (Å²) < 4.78 is 345. The normalized spacial score (nSPS) is 14.3. The number of alkyl halides is 14. The summed E-state index contributed by atoms with van der Waals surface area (Å²) in [5.74, 6) is -14.8. The van der Waals surface area contributed by atoms with Crippen molar-refractivity contribution in [3.63, 3.8) is 0 Å². The summed E-state index contributed by atoms with van der Waals surface area (Å²) in [6.07, 6.45) is -17.7. The number of carboxylic acids is 1. The highest BCUT2D eigenvalue weighted by Crippen LogP contribution is 2.49. The summed E-state index contributed by atoms with van der Waals surface area (Å²) in [5.41, 5.74) is 1.23. The molecule has 12 aromatic rings. The summed E-state index contributed by atoms with van der Waals surface area (Å²) in [7, 11) is 5.35. The monoisotopic (exact) mass is 2220 g/mol. The van der Waals surface area contributed by atoms with E-state index in [1.54, 1.807) is 24.3 Å². The van der Waals surface area contributed by atoms with E-state index in [-0.39, 0.29) is 135 Å². The van der Waals surface area contributed by atoms with Crippen molar-refractivity contribution in [1.82, 2.24) is 0 Å². The Kier molecular flexibility index (Phi) is 36.9. The molecule has 4 aliphatic heterocycles. The first kappa shape index (κ1) is 114. The minimum atomic E-state index is -4.89. The number of anilines is 4. The van der Waals surface area contributed by atoms with Gasteiger partial charge in [0.25, 0.3) is 0 Å². The highest BCUT2D eigenvalue weighted by molar-refractivity contribution is 9.09. The van der Waals surface area contributed by atoms with Crippen LogP contribution in [0.4, 0.5) is 128 Å². The zero-order valence-corrected chi connectivity index (χ0v) is 82.1. The van der Waals surface area contributed by atoms with Gasteiger partial charge in [0.15, 0.2) is 0 Å². The lowest BCUT2D eigenvalue weighted by Gasteiger charge is -2.35. The second kappa shape index (κ2) is 47.8. The van der Waals surface area contributed by atoms with Crippen molar-refractivity contribution in [2.75, 3.05) is 53.8 Å². The molecular formula is C106H86Br2F24N4O12. The van der Waals surface area contributed by atoms with Crippen LogP contribution < -0.4 is 39.0 Å². The zero-order chi connectivity index (χ0) is 109. The van der Waals surface area contributed by atoms with E-state index in [1.807, 2.05) is 27.7 Å². The first-order valence-corrected chi connectivity index (χ1v) is 46.6. The fourth-order valence-electron chi connectivity index (χ4n) is 16.3. The SMILES string of the molecule is CC(C)(C)OC(=O)CBr.CCC1Cc2cc(-c3ccc(C(F)(F)F)c(F)c3)c(OC)cc2N(Cc2ccc(F)cc2F)C1=O.COc1cc2c(cc1-c1ccc(C(F)(F)F)c(F)c1)CC(CC(=O)O)C(=O)N2Cc1ccc(F)cc1F.COc1cc2c(cc1-c1ccc(C(F)(F)F)c(F)c1)CCC(=O)N2.COc1cc2c(cc1-c1ccc(C(F)(F)F)c(F)c1)CCC(=O)N2Cc1ccc(F)cc1F.Fc1ccc(CBr)c(F)c1. The topological polar surface area (TPSA) is 191 Å². The fourth-order valence-corrected chi connectivity index (χ4v) is 16.9. The predicted octanol–water partition coefficient (Wildman–Crippen LogP) is 28.2. The number of nitrogens with zero attached hydrogens (tertiary/aromatic N) is 3. The maximum absolute atomic E-state index is 14.4. The molecular weight excluding hydrogens is 2140 g/mol. The van der Waals surface area contributed by atoms with Crippen molar-refractivity contribution in [2.24, 2.45) is 11.8 Å². The van der Waals surface area contributed by atoms with Gasteiger partial charge in [-0.05, 0) is 200 Å². The van der Waals surface area contributed by atoms with Crippen LogP contribution >= 0.6 is 31.9 Å². The molecule has 0 saturated heterocycles. The molecule has 16 rings (SSSR count). The number of carbonyl (C=O) groups is 6. The molecule has 0 fully saturated rings. The van der Waals surface area contributed by atoms with Crippen LogP contribution in [0.3, 0.4) is 0 Å². The zero-order valence-electron chi connectivity index (χ0n) is 78.9. The van der Waals surface area contributed by atoms with Gasteiger partial charge in [-0.15, -0.1) is 0 Å². The minimum absolute atomic E-state index is 0.0236. The smallest absolute Gasteiger partial charge is 0.419 e. The van der Waals surface area contributed by atoms with E-state index in [0.29, 0.717) is 136 Å². The van der Waals surface area contributed by atoms with Crippen molar-refractivity contribution >= 4 is 90.2 Å². The highest BCUT2D eigenvalue weighted by atomic mass is 79.9. The van der Waals surface area contributed by atoms with Crippen molar-refractivity contribution in [3.05, 3.63) is 331 Å². The molecule has 0 radical (unpaired) electrons. The number of ether oxygens (including phenoxy) is 5. The molecule has 2 atom stereocenters. The van der Waals surface area contributed by atoms with Crippen molar-refractivity contribution < 1.29 is 163 Å². The highest BCUT2D eigenvalue weighted by Gasteiger charge is 2.42. The van der Waals surface area contributed by atoms with Crippen molar-refractivity contribution in [3.8, 4) is 67.5 Å². The first-order valence-electron chi connectivity index (χ1n) is 44.3. The van der Waals surface area contributed by atoms with Gasteiger partial charge in [-0.1, -0.05) is 87.3 Å². The molecule has 42 heteroatoms. The predicted molar refractivity (Wildman–Crippen MR) is 507 cm³/mol. The average Bonchev–Trinajstić information content (AvgIpc) is 0.517. The third-order valence-corrected chi connectivity index (χ3v) is 24.5. The van der Waals surface area contributed by atoms with E-state index in [0.717, 1.165) is 89.3 Å². The van der Waals surface area contributed by atoms with Gasteiger partial charge in [-0.25, -0.2) is 52.7 Å². The summed E-state index contributed by atoms with van der Waals surface area (Å²) in [5, 5.41) is 12.7. The van der Waals surface area contributed by atoms with Crippen molar-refractivity contribution in [1.29, 1.82) is 0 Å². The lowest BCUT2D eigenvalue weighted by Crippen LogP contribution is -2.42. The molecule has 0 spiro atoms. The summed E-state index contributed by atoms with van der Waals surface area (Å²) in [4.78, 5) is 76.3. The number of nitrogens with one attached hydrogen (secondary N) is 1. The van der Waals surface area contributed by atoms with Crippen molar-refractivity contribution in [2.45, 2.75) is 134 Å². The Labute approximate surface area is 846 Å². The fraction of sp³-hybridized carbons (Fsp3) is 0.264. The minimum Gasteiger partial charge on any atom is -0.496 e. The summed E-state index contributed by atoms with van der Waals surface area (Å²) >= 11 is 6.06. The van der Waals surface area contributed by atoms with E-state index < -0.39 is 147 Å². The van der Waals surface area contributed by atoms with Gasteiger partial charge in [0.05, 0.1) is 99.7 Å². The van der Waals surface area contributed by atoms with Gasteiger partial charge in [-0.2, -0.15) is 52.7 Å². The molecule has 0 saturated carbocycles. The van der Waals surface area contributed by atoms with E-state index in [1.165, 1.54) is 92.8 Å². The molecule has 0 aromatic heterocycles. The molecule has 148 heavy (non-hydrogen) atoms. The van der Waals surface area contributed by atoms with Crippen LogP contribution in [-0.4, -0.2) is 80.0 Å². The molecule has 0 aliphatic carbocycles. The molecule has 0 bridgehead atoms. The third-order valence-electron chi connectivity index (χ3n) is 23.4. The van der Waals surface area contributed by atoms with Gasteiger partial charge in [-0.3, -0.25) is 28.8 Å². The Morgan fingerprint density at radius 3 is 0.986 bits per heavy atom. The van der Waals surface area contributed by atoms with Gasteiger partial charge in [0, 0.05) is 117 Å². The quantitative estimate of drug-likeness (QED) is 0.0443. The molecule has 2 N–H and O–H groups in total. The number of hydrogen-bond acceptors (Lipinski definition) is 11. The molecule has 2 unspecified atom stereocenters. The Morgan fingerprint density at radius 2 is 0.682 bits per heavy atom. The number of aryl methyl sites for hydroxylation is 2. The number of benzene rings is 12. The molecule has 4 aliphatic rings. The molecule has 12 aromatic carbocycles. The maximum atomic E-state index is 14.4. The number of rotatable bonds is 19. The summed E-state index contributed by atoms with van der Waals surface area (Å²) in [6, 6.07) is 35.4. The Morgan fingerprint density at radius 1 is 0.372 bits per heavy atom. The largest absolute Gasteiger partial charge is 0.496 e.